The van der Waals surface area contributed by atoms with Crippen molar-refractivity contribution in [3.05, 3.63) is 70.8 Å². The summed E-state index contributed by atoms with van der Waals surface area (Å²) in [6.07, 6.45) is 13.2. The summed E-state index contributed by atoms with van der Waals surface area (Å²) in [4.78, 5) is 42.7. The SMILES string of the molecule is CC(C=N/C=C\N)C1=CC=C([C@@]2(CC(C)(C)C)N=C(N)N([C@H](COC(=O)NC3(C)CC3)c3ccc(Cl)c(-c4ncn[nH]4)c3)C2=O)CC1. The first-order valence-corrected chi connectivity index (χ1v) is 16.2. The number of carbonyl (C=O) groups excluding carboxylic acids is 2. The zero-order chi connectivity index (χ0) is 34.0. The zero-order valence-corrected chi connectivity index (χ0v) is 28.3. The van der Waals surface area contributed by atoms with Crippen molar-refractivity contribution in [1.29, 1.82) is 0 Å². The molecular weight excluding hydrogens is 618 g/mol. The Bertz CT molecular complexity index is 1650. The molecule has 1 fully saturated rings. The van der Waals surface area contributed by atoms with Gasteiger partial charge in [0.2, 0.25) is 0 Å². The summed E-state index contributed by atoms with van der Waals surface area (Å²) in [5.74, 6) is 0.347. The van der Waals surface area contributed by atoms with Crippen LogP contribution in [-0.2, 0) is 9.53 Å². The van der Waals surface area contributed by atoms with E-state index < -0.39 is 17.7 Å². The molecule has 12 nitrogen and oxygen atoms in total. The molecule has 1 aromatic carbocycles. The summed E-state index contributed by atoms with van der Waals surface area (Å²) in [6.45, 7) is 10.1. The van der Waals surface area contributed by atoms with E-state index in [4.69, 9.17) is 32.8 Å². The number of aromatic nitrogens is 3. The molecule has 1 aromatic heterocycles. The van der Waals surface area contributed by atoms with Crippen molar-refractivity contribution in [2.45, 2.75) is 83.8 Å². The molecule has 1 unspecified atom stereocenters. The molecule has 5 rings (SSSR count). The van der Waals surface area contributed by atoms with Gasteiger partial charge in [0.15, 0.2) is 17.3 Å². The lowest BCUT2D eigenvalue weighted by atomic mass is 9.72. The van der Waals surface area contributed by atoms with E-state index in [1.54, 1.807) is 24.4 Å². The Labute approximate surface area is 280 Å². The molecule has 47 heavy (non-hydrogen) atoms. The molecule has 2 aliphatic carbocycles. The number of hydrogen-bond donors (Lipinski definition) is 4. The number of guanidine groups is 1. The van der Waals surface area contributed by atoms with E-state index in [0.717, 1.165) is 24.8 Å². The number of halogens is 1. The number of amides is 2. The molecule has 3 atom stereocenters. The number of nitrogens with zero attached hydrogens (tertiary/aromatic N) is 5. The molecule has 0 bridgehead atoms. The maximum Gasteiger partial charge on any atom is 0.407 e. The largest absolute Gasteiger partial charge is 0.447 e. The number of carbonyl (C=O) groups is 2. The summed E-state index contributed by atoms with van der Waals surface area (Å²) in [5.41, 5.74) is 13.6. The van der Waals surface area contributed by atoms with Crippen LogP contribution in [0.4, 0.5) is 4.79 Å². The third-order valence-corrected chi connectivity index (χ3v) is 9.15. The quantitative estimate of drug-likeness (QED) is 0.228. The van der Waals surface area contributed by atoms with Gasteiger partial charge in [0.1, 0.15) is 12.9 Å². The molecule has 13 heteroatoms. The lowest BCUT2D eigenvalue weighted by molar-refractivity contribution is -0.133. The topological polar surface area (TPSA) is 177 Å². The molecule has 1 aliphatic heterocycles. The van der Waals surface area contributed by atoms with Gasteiger partial charge >= 0.3 is 6.09 Å². The van der Waals surface area contributed by atoms with Gasteiger partial charge in [-0.15, -0.1) is 0 Å². The van der Waals surface area contributed by atoms with Crippen LogP contribution in [0.3, 0.4) is 0 Å². The molecule has 250 valence electrons. The molecule has 0 radical (unpaired) electrons. The minimum Gasteiger partial charge on any atom is -0.447 e. The molecule has 2 heterocycles. The van der Waals surface area contributed by atoms with Gasteiger partial charge in [-0.05, 0) is 67.7 Å². The van der Waals surface area contributed by atoms with Crippen molar-refractivity contribution in [2.24, 2.45) is 32.8 Å². The Morgan fingerprint density at radius 2 is 2.04 bits per heavy atom. The highest BCUT2D eigenvalue weighted by Gasteiger charge is 2.54. The number of nitrogens with two attached hydrogens (primary N) is 2. The maximum atomic E-state index is 14.9. The minimum atomic E-state index is -1.23. The van der Waals surface area contributed by atoms with Gasteiger partial charge in [-0.25, -0.2) is 14.8 Å². The smallest absolute Gasteiger partial charge is 0.407 e. The fourth-order valence-corrected chi connectivity index (χ4v) is 6.35. The van der Waals surface area contributed by atoms with Crippen LogP contribution in [0.5, 0.6) is 0 Å². The van der Waals surface area contributed by atoms with Crippen molar-refractivity contribution in [3.8, 4) is 11.4 Å². The third-order valence-electron chi connectivity index (χ3n) is 8.82. The second kappa shape index (κ2) is 13.3. The number of benzene rings is 1. The van der Waals surface area contributed by atoms with Gasteiger partial charge in [0.25, 0.3) is 5.91 Å². The fourth-order valence-electron chi connectivity index (χ4n) is 6.15. The molecule has 1 saturated carbocycles. The molecular formula is C34H44ClN9O3. The third kappa shape index (κ3) is 7.59. The molecule has 2 amide bonds. The highest BCUT2D eigenvalue weighted by Crippen LogP contribution is 2.46. The maximum absolute atomic E-state index is 14.9. The average Bonchev–Trinajstić information content (AvgIpc) is 3.39. The van der Waals surface area contributed by atoms with Crippen LogP contribution in [0.25, 0.3) is 11.4 Å². The van der Waals surface area contributed by atoms with E-state index in [2.05, 4.69) is 59.3 Å². The standard InChI is InChI=1S/C34H44ClN9O3/c1-21(17-38-15-14-36)22-6-9-24(10-7-22)34(19-32(2,3)4)29(45)44(30(37)41-34)27(18-47-31(46)42-33(5)12-13-33)23-8-11-26(35)25(16-23)28-39-20-40-43-28/h6,8-9,11,14-17,20-21,27H,7,10,12-13,18-19,36H2,1-5H3,(H2,37,41)(H,42,46)(H,39,40,43)/b15-14-,38-17?/t21?,27-,34-/m1/s1. The highest BCUT2D eigenvalue weighted by atomic mass is 35.5. The number of nitrogens with one attached hydrogen (secondary N) is 2. The van der Waals surface area contributed by atoms with E-state index in [-0.39, 0.29) is 35.3 Å². The zero-order valence-electron chi connectivity index (χ0n) is 27.6. The Hall–Kier alpha value is -4.45. The monoisotopic (exact) mass is 661 g/mol. The average molecular weight is 662 g/mol. The molecule has 3 aliphatic rings. The fraction of sp³-hybridized carbons (Fsp3) is 0.471. The van der Waals surface area contributed by atoms with Gasteiger partial charge < -0.3 is 21.5 Å². The van der Waals surface area contributed by atoms with Gasteiger partial charge in [0.05, 0.1) is 11.1 Å². The number of hydrogen-bond acceptors (Lipinski definition) is 9. The van der Waals surface area contributed by atoms with Crippen molar-refractivity contribution in [1.82, 2.24) is 25.4 Å². The minimum absolute atomic E-state index is 0.0586. The van der Waals surface area contributed by atoms with Crippen LogP contribution in [-0.4, -0.2) is 61.9 Å². The van der Waals surface area contributed by atoms with Crippen LogP contribution in [0.1, 0.15) is 78.3 Å². The van der Waals surface area contributed by atoms with Crippen LogP contribution in [0.2, 0.25) is 5.02 Å². The number of aromatic amines is 1. The number of H-pyrrole nitrogens is 1. The van der Waals surface area contributed by atoms with Gasteiger partial charge in [-0.3, -0.25) is 19.8 Å². The van der Waals surface area contributed by atoms with Crippen LogP contribution >= 0.6 is 11.6 Å². The van der Waals surface area contributed by atoms with Crippen LogP contribution < -0.4 is 16.8 Å². The number of rotatable bonds is 11. The predicted molar refractivity (Wildman–Crippen MR) is 183 cm³/mol. The number of alkyl carbamates (subject to hydrolysis) is 1. The van der Waals surface area contributed by atoms with Crippen molar-refractivity contribution >= 4 is 35.8 Å². The van der Waals surface area contributed by atoms with E-state index in [1.165, 1.54) is 23.0 Å². The molecule has 0 spiro atoms. The van der Waals surface area contributed by atoms with Crippen LogP contribution in [0.15, 0.2) is 70.2 Å². The summed E-state index contributed by atoms with van der Waals surface area (Å²) < 4.78 is 5.77. The first-order valence-electron chi connectivity index (χ1n) is 15.8. The first-order chi connectivity index (χ1) is 22.2. The summed E-state index contributed by atoms with van der Waals surface area (Å²) >= 11 is 6.56. The molecule has 0 saturated heterocycles. The number of aliphatic imine (C=N–C) groups is 2. The van der Waals surface area contributed by atoms with Crippen molar-refractivity contribution < 1.29 is 14.3 Å². The number of allylic oxidation sites excluding steroid dienone is 3. The molecule has 6 N–H and O–H groups in total. The second-order valence-electron chi connectivity index (χ2n) is 14.0. The number of ether oxygens (including phenoxy) is 1. The van der Waals surface area contributed by atoms with E-state index >= 15 is 0 Å². The van der Waals surface area contributed by atoms with E-state index in [9.17, 15) is 9.59 Å². The Morgan fingerprint density at radius 1 is 1.28 bits per heavy atom. The van der Waals surface area contributed by atoms with Gasteiger partial charge in [-0.2, -0.15) is 5.10 Å². The lowest BCUT2D eigenvalue weighted by Crippen LogP contribution is -2.49. The van der Waals surface area contributed by atoms with Crippen molar-refractivity contribution in [2.75, 3.05) is 6.61 Å². The predicted octanol–water partition coefficient (Wildman–Crippen LogP) is 5.56. The lowest BCUT2D eigenvalue weighted by Gasteiger charge is -2.37. The Morgan fingerprint density at radius 3 is 2.66 bits per heavy atom. The Kier molecular flexibility index (Phi) is 9.63. The first kappa shape index (κ1) is 33.9. The van der Waals surface area contributed by atoms with Crippen LogP contribution in [0, 0.1) is 11.3 Å². The summed E-state index contributed by atoms with van der Waals surface area (Å²) in [6, 6.07) is 4.51. The van der Waals surface area contributed by atoms with E-state index in [0.29, 0.717) is 34.8 Å². The van der Waals surface area contributed by atoms with Gasteiger partial charge in [-0.1, -0.05) is 63.1 Å². The van der Waals surface area contributed by atoms with Crippen molar-refractivity contribution in [3.63, 3.8) is 0 Å². The molecule has 2 aromatic rings. The Balaban J connectivity index is 1.53. The van der Waals surface area contributed by atoms with E-state index in [1.807, 2.05) is 19.2 Å². The second-order valence-corrected chi connectivity index (χ2v) is 14.4. The highest BCUT2D eigenvalue weighted by molar-refractivity contribution is 6.33. The normalized spacial score (nSPS) is 22.2. The van der Waals surface area contributed by atoms with Gasteiger partial charge in [0, 0.05) is 35.6 Å². The summed E-state index contributed by atoms with van der Waals surface area (Å²) in [7, 11) is 0. The summed E-state index contributed by atoms with van der Waals surface area (Å²) in [5, 5.41) is 10.1.